The highest BCUT2D eigenvalue weighted by atomic mass is 32.2. The van der Waals surface area contributed by atoms with Crippen molar-refractivity contribution in [3.05, 3.63) is 126 Å². The molecule has 9 nitrogen and oxygen atoms in total. The van der Waals surface area contributed by atoms with E-state index >= 15 is 0 Å². The van der Waals surface area contributed by atoms with Crippen molar-refractivity contribution in [2.75, 3.05) is 31.1 Å². The summed E-state index contributed by atoms with van der Waals surface area (Å²) in [6, 6.07) is 28.0. The third-order valence-corrected chi connectivity index (χ3v) is 8.15. The van der Waals surface area contributed by atoms with Crippen LogP contribution >= 0.6 is 0 Å². The van der Waals surface area contributed by atoms with Gasteiger partial charge in [0.2, 0.25) is 5.91 Å². The summed E-state index contributed by atoms with van der Waals surface area (Å²) in [6.45, 7) is 3.15. The van der Waals surface area contributed by atoms with E-state index in [1.165, 1.54) is 41.3 Å². The maximum Gasteiger partial charge on any atom is 0.261 e. The molecular formula is C34H36FN3O6S. The summed E-state index contributed by atoms with van der Waals surface area (Å²) >= 11 is 0. The van der Waals surface area contributed by atoms with Crippen LogP contribution in [0.4, 0.5) is 10.1 Å². The Hall–Kier alpha value is -4.74. The zero-order chi connectivity index (χ0) is 32.1. The van der Waals surface area contributed by atoms with Crippen LogP contribution in [0.25, 0.3) is 0 Å². The van der Waals surface area contributed by atoms with Crippen molar-refractivity contribution in [2.45, 2.75) is 30.8 Å². The van der Waals surface area contributed by atoms with Crippen LogP contribution in [0.2, 0.25) is 0 Å². The molecule has 0 aliphatic carbocycles. The smallest absolute Gasteiger partial charge is 0.261 e. The maximum atomic E-state index is 13.8. The van der Waals surface area contributed by atoms with E-state index in [1.807, 2.05) is 55.5 Å². The van der Waals surface area contributed by atoms with Crippen molar-refractivity contribution in [2.24, 2.45) is 0 Å². The van der Waals surface area contributed by atoms with E-state index < -0.39 is 34.4 Å². The summed E-state index contributed by atoms with van der Waals surface area (Å²) in [6.07, 6.45) is 0.627. The molecule has 0 aliphatic rings. The molecule has 0 unspecified atom stereocenters. The van der Waals surface area contributed by atoms with Crippen LogP contribution in [0.1, 0.15) is 30.5 Å². The number of nitrogens with zero attached hydrogens (tertiary/aromatic N) is 1. The lowest BCUT2D eigenvalue weighted by atomic mass is 10.0. The Morgan fingerprint density at radius 1 is 0.867 bits per heavy atom. The normalized spacial score (nSPS) is 11.8. The van der Waals surface area contributed by atoms with Gasteiger partial charge in [0.1, 0.15) is 17.6 Å². The standard InChI is InChI=1S/C34H36FN3O6S/c1-2-43-23-9-22-36-34(40)33(27-12-7-4-8-13-27)38(24-26-10-5-3-6-11-26)32(39)25-44-30-18-20-31(21-19-30)45(41,42)37-29-16-14-28(35)15-17-29/h3-8,10-21,33,37H,2,9,22-25H2,1H3,(H,36,40)/t33-/m1/s1. The number of carbonyl (C=O) groups is 2. The summed E-state index contributed by atoms with van der Waals surface area (Å²) in [5, 5.41) is 2.94. The number of hydrogen-bond acceptors (Lipinski definition) is 6. The first-order valence-electron chi connectivity index (χ1n) is 14.5. The lowest BCUT2D eigenvalue weighted by Crippen LogP contribution is -2.45. The molecule has 0 aromatic heterocycles. The lowest BCUT2D eigenvalue weighted by molar-refractivity contribution is -0.143. The molecule has 2 N–H and O–H groups in total. The van der Waals surface area contributed by atoms with E-state index in [0.29, 0.717) is 31.7 Å². The number of hydrogen-bond donors (Lipinski definition) is 2. The molecule has 1 atom stereocenters. The van der Waals surface area contributed by atoms with Gasteiger partial charge in [0, 0.05) is 32.0 Å². The van der Waals surface area contributed by atoms with Crippen LogP contribution in [0, 0.1) is 5.82 Å². The Balaban J connectivity index is 1.50. The molecule has 0 aliphatic heterocycles. The van der Waals surface area contributed by atoms with Gasteiger partial charge in [0.05, 0.1) is 4.90 Å². The summed E-state index contributed by atoms with van der Waals surface area (Å²) in [7, 11) is -3.94. The number of halogens is 1. The first-order chi connectivity index (χ1) is 21.8. The number of amides is 2. The maximum absolute atomic E-state index is 13.8. The molecule has 11 heteroatoms. The average molecular weight is 634 g/mol. The van der Waals surface area contributed by atoms with Crippen LogP contribution < -0.4 is 14.8 Å². The second-order valence-corrected chi connectivity index (χ2v) is 11.7. The Morgan fingerprint density at radius 2 is 1.51 bits per heavy atom. The summed E-state index contributed by atoms with van der Waals surface area (Å²) in [5.74, 6) is -0.984. The molecule has 45 heavy (non-hydrogen) atoms. The minimum atomic E-state index is -3.94. The van der Waals surface area contributed by atoms with Crippen molar-refractivity contribution >= 4 is 27.5 Å². The quantitative estimate of drug-likeness (QED) is 0.162. The van der Waals surface area contributed by atoms with E-state index in [1.54, 1.807) is 12.1 Å². The van der Waals surface area contributed by atoms with Crippen LogP contribution in [0.3, 0.4) is 0 Å². The van der Waals surface area contributed by atoms with Gasteiger partial charge in [0.25, 0.3) is 15.9 Å². The van der Waals surface area contributed by atoms with E-state index in [9.17, 15) is 22.4 Å². The Labute approximate surface area is 263 Å². The molecule has 4 aromatic rings. The van der Waals surface area contributed by atoms with Crippen molar-refractivity contribution in [3.8, 4) is 5.75 Å². The molecule has 2 amide bonds. The second kappa shape index (κ2) is 16.4. The predicted molar refractivity (Wildman–Crippen MR) is 169 cm³/mol. The summed E-state index contributed by atoms with van der Waals surface area (Å²) in [5.41, 5.74) is 1.69. The number of sulfonamides is 1. The van der Waals surface area contributed by atoms with Crippen molar-refractivity contribution < 1.29 is 31.9 Å². The molecule has 0 heterocycles. The molecule has 4 aromatic carbocycles. The van der Waals surface area contributed by atoms with Gasteiger partial charge in [-0.25, -0.2) is 12.8 Å². The Bertz CT molecular complexity index is 1620. The minimum Gasteiger partial charge on any atom is -0.484 e. The Kier molecular flexibility index (Phi) is 12.1. The first-order valence-corrected chi connectivity index (χ1v) is 16.0. The number of nitrogens with one attached hydrogen (secondary N) is 2. The van der Waals surface area contributed by atoms with E-state index in [2.05, 4.69) is 10.0 Å². The fourth-order valence-electron chi connectivity index (χ4n) is 4.51. The fourth-order valence-corrected chi connectivity index (χ4v) is 5.57. The molecule has 0 saturated carbocycles. The first kappa shape index (κ1) is 33.2. The van der Waals surface area contributed by atoms with Gasteiger partial charge < -0.3 is 19.7 Å². The number of anilines is 1. The van der Waals surface area contributed by atoms with Gasteiger partial charge in [-0.15, -0.1) is 0 Å². The molecule has 0 radical (unpaired) electrons. The lowest BCUT2D eigenvalue weighted by Gasteiger charge is -2.31. The van der Waals surface area contributed by atoms with Crippen LogP contribution in [0.5, 0.6) is 5.75 Å². The Morgan fingerprint density at radius 3 is 2.16 bits per heavy atom. The van der Waals surface area contributed by atoms with Gasteiger partial charge in [-0.05, 0) is 73.0 Å². The van der Waals surface area contributed by atoms with Gasteiger partial charge in [-0.2, -0.15) is 0 Å². The van der Waals surface area contributed by atoms with E-state index in [0.717, 1.165) is 17.7 Å². The van der Waals surface area contributed by atoms with Crippen LogP contribution in [-0.4, -0.2) is 51.5 Å². The fraction of sp³-hybridized carbons (Fsp3) is 0.235. The summed E-state index contributed by atoms with van der Waals surface area (Å²) < 4.78 is 52.3. The highest BCUT2D eigenvalue weighted by molar-refractivity contribution is 7.92. The van der Waals surface area contributed by atoms with Gasteiger partial charge >= 0.3 is 0 Å². The van der Waals surface area contributed by atoms with Crippen molar-refractivity contribution in [1.29, 1.82) is 0 Å². The van der Waals surface area contributed by atoms with Gasteiger partial charge in [-0.3, -0.25) is 14.3 Å². The number of ether oxygens (including phenoxy) is 2. The zero-order valence-corrected chi connectivity index (χ0v) is 25.7. The third-order valence-electron chi connectivity index (χ3n) is 6.75. The highest BCUT2D eigenvalue weighted by Gasteiger charge is 2.31. The van der Waals surface area contributed by atoms with Crippen LogP contribution in [0.15, 0.2) is 114 Å². The van der Waals surface area contributed by atoms with E-state index in [-0.39, 0.29) is 28.8 Å². The monoisotopic (exact) mass is 633 g/mol. The third kappa shape index (κ3) is 9.88. The molecule has 0 spiro atoms. The highest BCUT2D eigenvalue weighted by Crippen LogP contribution is 2.25. The number of rotatable bonds is 16. The van der Waals surface area contributed by atoms with Crippen LogP contribution in [-0.2, 0) is 30.9 Å². The number of benzene rings is 4. The molecule has 4 rings (SSSR count). The average Bonchev–Trinajstić information content (AvgIpc) is 3.05. The largest absolute Gasteiger partial charge is 0.484 e. The zero-order valence-electron chi connectivity index (χ0n) is 24.9. The SMILES string of the molecule is CCOCCCNC(=O)[C@@H](c1ccccc1)N(Cc1ccccc1)C(=O)COc1ccc(S(=O)(=O)Nc2ccc(F)cc2)cc1. The topological polar surface area (TPSA) is 114 Å². The predicted octanol–water partition coefficient (Wildman–Crippen LogP) is 5.32. The second-order valence-electron chi connectivity index (χ2n) is 10.0. The van der Waals surface area contributed by atoms with Crippen molar-refractivity contribution in [1.82, 2.24) is 10.2 Å². The van der Waals surface area contributed by atoms with E-state index in [4.69, 9.17) is 9.47 Å². The minimum absolute atomic E-state index is 0.0404. The molecule has 236 valence electrons. The molecule has 0 bridgehead atoms. The van der Waals surface area contributed by atoms with Crippen molar-refractivity contribution in [3.63, 3.8) is 0 Å². The van der Waals surface area contributed by atoms with Gasteiger partial charge in [-0.1, -0.05) is 60.7 Å². The molecule has 0 fully saturated rings. The number of carbonyl (C=O) groups excluding carboxylic acids is 2. The summed E-state index contributed by atoms with van der Waals surface area (Å²) in [4.78, 5) is 28.8. The molecule has 0 saturated heterocycles. The molecular weight excluding hydrogens is 597 g/mol. The van der Waals surface area contributed by atoms with Gasteiger partial charge in [0.15, 0.2) is 6.61 Å².